The van der Waals surface area contributed by atoms with E-state index in [2.05, 4.69) is 25.6 Å². The van der Waals surface area contributed by atoms with Crippen molar-refractivity contribution in [1.82, 2.24) is 4.98 Å². The smallest absolute Gasteiger partial charge is 0.231 e. The lowest BCUT2D eigenvalue weighted by molar-refractivity contribution is 0.606. The van der Waals surface area contributed by atoms with E-state index >= 15 is 0 Å². The molecular formula is C6H8BrN3O2S. The van der Waals surface area contributed by atoms with Gasteiger partial charge in [-0.3, -0.25) is 4.72 Å². The van der Waals surface area contributed by atoms with E-state index in [1.807, 2.05) is 0 Å². The van der Waals surface area contributed by atoms with Crippen LogP contribution in [-0.2, 0) is 10.0 Å². The zero-order valence-electron chi connectivity index (χ0n) is 6.78. The Labute approximate surface area is 84.5 Å². The molecule has 3 N–H and O–H groups in total. The molecule has 0 bridgehead atoms. The molecule has 72 valence electrons. The maximum atomic E-state index is 10.8. The van der Waals surface area contributed by atoms with E-state index < -0.39 is 10.0 Å². The summed E-state index contributed by atoms with van der Waals surface area (Å²) >= 11 is 3.13. The molecule has 0 radical (unpaired) electrons. The topological polar surface area (TPSA) is 85.1 Å². The standard InChI is InChI=1S/C6H8BrN3O2S/c1-13(11,12)10-6-5(7)2-4(8)3-9-6/h2-3H,8H2,1H3,(H,9,10). The average Bonchev–Trinajstić information content (AvgIpc) is 1.93. The molecule has 0 aliphatic heterocycles. The van der Waals surface area contributed by atoms with Crippen LogP contribution < -0.4 is 10.5 Å². The number of sulfonamides is 1. The lowest BCUT2D eigenvalue weighted by Crippen LogP contribution is -2.11. The van der Waals surface area contributed by atoms with Gasteiger partial charge in [0.2, 0.25) is 10.0 Å². The fourth-order valence-electron chi connectivity index (χ4n) is 0.703. The normalized spacial score (nSPS) is 11.2. The van der Waals surface area contributed by atoms with Crippen molar-refractivity contribution in [2.24, 2.45) is 0 Å². The lowest BCUT2D eigenvalue weighted by atomic mass is 10.4. The van der Waals surface area contributed by atoms with Gasteiger partial charge >= 0.3 is 0 Å². The molecule has 1 aromatic rings. The summed E-state index contributed by atoms with van der Waals surface area (Å²) in [6, 6.07) is 1.57. The molecule has 13 heavy (non-hydrogen) atoms. The van der Waals surface area contributed by atoms with Crippen LogP contribution >= 0.6 is 15.9 Å². The molecule has 0 spiro atoms. The highest BCUT2D eigenvalue weighted by atomic mass is 79.9. The van der Waals surface area contributed by atoms with Crippen molar-refractivity contribution in [2.75, 3.05) is 16.7 Å². The molecule has 0 fully saturated rings. The van der Waals surface area contributed by atoms with Crippen molar-refractivity contribution in [2.45, 2.75) is 0 Å². The first-order valence-electron chi connectivity index (χ1n) is 3.27. The molecular weight excluding hydrogens is 258 g/mol. The Bertz CT molecular complexity index is 418. The van der Waals surface area contributed by atoms with Crippen LogP contribution in [0.15, 0.2) is 16.7 Å². The molecule has 0 atom stereocenters. The van der Waals surface area contributed by atoms with Gasteiger partial charge in [0.25, 0.3) is 0 Å². The van der Waals surface area contributed by atoms with Crippen LogP contribution in [0.2, 0.25) is 0 Å². The number of nitrogens with one attached hydrogen (secondary N) is 1. The maximum Gasteiger partial charge on any atom is 0.231 e. The van der Waals surface area contributed by atoms with E-state index in [1.165, 1.54) is 6.20 Å². The number of hydrogen-bond acceptors (Lipinski definition) is 4. The van der Waals surface area contributed by atoms with Crippen molar-refractivity contribution < 1.29 is 8.42 Å². The Morgan fingerprint density at radius 2 is 2.23 bits per heavy atom. The molecule has 0 saturated heterocycles. The Morgan fingerprint density at radius 3 is 2.69 bits per heavy atom. The van der Waals surface area contributed by atoms with E-state index in [0.29, 0.717) is 10.2 Å². The monoisotopic (exact) mass is 265 g/mol. The van der Waals surface area contributed by atoms with Gasteiger partial charge in [0.15, 0.2) is 5.82 Å². The summed E-state index contributed by atoms with van der Waals surface area (Å²) in [6.45, 7) is 0. The molecule has 0 aliphatic rings. The van der Waals surface area contributed by atoms with Gasteiger partial charge < -0.3 is 5.73 Å². The first-order valence-corrected chi connectivity index (χ1v) is 5.96. The van der Waals surface area contributed by atoms with Crippen LogP contribution in [0.25, 0.3) is 0 Å². The van der Waals surface area contributed by atoms with E-state index in [9.17, 15) is 8.42 Å². The van der Waals surface area contributed by atoms with Crippen LogP contribution in [0.3, 0.4) is 0 Å². The number of rotatable bonds is 2. The first-order chi connectivity index (χ1) is 5.88. The fraction of sp³-hybridized carbons (Fsp3) is 0.167. The largest absolute Gasteiger partial charge is 0.397 e. The number of hydrogen-bond donors (Lipinski definition) is 2. The zero-order chi connectivity index (χ0) is 10.1. The number of aromatic nitrogens is 1. The molecule has 1 aromatic heterocycles. The highest BCUT2D eigenvalue weighted by Gasteiger charge is 2.06. The quantitative estimate of drug-likeness (QED) is 0.829. The number of anilines is 2. The number of pyridine rings is 1. The number of nitrogens with two attached hydrogens (primary N) is 1. The van der Waals surface area contributed by atoms with Gasteiger partial charge in [-0.25, -0.2) is 13.4 Å². The first kappa shape index (κ1) is 10.3. The Kier molecular flexibility index (Phi) is 2.77. The van der Waals surface area contributed by atoms with E-state index in [4.69, 9.17) is 5.73 Å². The van der Waals surface area contributed by atoms with Gasteiger partial charge in [0.05, 0.1) is 22.6 Å². The lowest BCUT2D eigenvalue weighted by Gasteiger charge is -2.04. The minimum absolute atomic E-state index is 0.233. The van der Waals surface area contributed by atoms with Gasteiger partial charge in [-0.05, 0) is 22.0 Å². The molecule has 0 saturated carbocycles. The molecule has 1 rings (SSSR count). The summed E-state index contributed by atoms with van der Waals surface area (Å²) in [5.41, 5.74) is 5.89. The van der Waals surface area contributed by atoms with Gasteiger partial charge in [0.1, 0.15) is 0 Å². The SMILES string of the molecule is CS(=O)(=O)Nc1ncc(N)cc1Br. The summed E-state index contributed by atoms with van der Waals surface area (Å²) in [5, 5.41) is 0. The van der Waals surface area contributed by atoms with Crippen molar-refractivity contribution in [3.63, 3.8) is 0 Å². The van der Waals surface area contributed by atoms with Gasteiger partial charge in [-0.1, -0.05) is 0 Å². The van der Waals surface area contributed by atoms with Gasteiger partial charge in [-0.2, -0.15) is 0 Å². The molecule has 0 aliphatic carbocycles. The van der Waals surface area contributed by atoms with E-state index in [-0.39, 0.29) is 5.82 Å². The molecule has 0 unspecified atom stereocenters. The third-order valence-electron chi connectivity index (χ3n) is 1.14. The molecule has 7 heteroatoms. The Balaban J connectivity index is 3.04. The predicted octanol–water partition coefficient (Wildman–Crippen LogP) is 0.798. The molecule has 5 nitrogen and oxygen atoms in total. The minimum Gasteiger partial charge on any atom is -0.397 e. The predicted molar refractivity (Wildman–Crippen MR) is 54.8 cm³/mol. The fourth-order valence-corrected chi connectivity index (χ4v) is 1.81. The maximum absolute atomic E-state index is 10.8. The third kappa shape index (κ3) is 3.19. The second-order valence-electron chi connectivity index (χ2n) is 2.47. The summed E-state index contributed by atoms with van der Waals surface area (Å²) in [6.07, 6.45) is 2.43. The van der Waals surface area contributed by atoms with Crippen molar-refractivity contribution >= 4 is 37.5 Å². The van der Waals surface area contributed by atoms with E-state index in [1.54, 1.807) is 6.07 Å². The molecule has 0 amide bonds. The van der Waals surface area contributed by atoms with Crippen LogP contribution in [0, 0.1) is 0 Å². The zero-order valence-corrected chi connectivity index (χ0v) is 9.18. The molecule has 1 heterocycles. The number of halogens is 1. The van der Waals surface area contributed by atoms with Crippen LogP contribution in [0.4, 0.5) is 11.5 Å². The van der Waals surface area contributed by atoms with Crippen molar-refractivity contribution in [1.29, 1.82) is 0 Å². The Hall–Kier alpha value is -0.820. The highest BCUT2D eigenvalue weighted by molar-refractivity contribution is 9.10. The van der Waals surface area contributed by atoms with E-state index in [0.717, 1.165) is 6.26 Å². The second kappa shape index (κ2) is 3.51. The number of nitrogens with zero attached hydrogens (tertiary/aromatic N) is 1. The summed E-state index contributed by atoms with van der Waals surface area (Å²) < 4.78 is 24.4. The average molecular weight is 266 g/mol. The Morgan fingerprint density at radius 1 is 1.62 bits per heavy atom. The third-order valence-corrected chi connectivity index (χ3v) is 2.31. The van der Waals surface area contributed by atoms with Crippen LogP contribution in [0.1, 0.15) is 0 Å². The number of nitrogen functional groups attached to an aromatic ring is 1. The second-order valence-corrected chi connectivity index (χ2v) is 5.08. The van der Waals surface area contributed by atoms with Gasteiger partial charge in [-0.15, -0.1) is 0 Å². The van der Waals surface area contributed by atoms with Crippen molar-refractivity contribution in [3.8, 4) is 0 Å². The van der Waals surface area contributed by atoms with Crippen molar-refractivity contribution in [3.05, 3.63) is 16.7 Å². The van der Waals surface area contributed by atoms with Crippen LogP contribution in [0.5, 0.6) is 0 Å². The van der Waals surface area contributed by atoms with Crippen LogP contribution in [-0.4, -0.2) is 19.7 Å². The summed E-state index contributed by atoms with van der Waals surface area (Å²) in [5.74, 6) is 0.233. The minimum atomic E-state index is -3.30. The molecule has 0 aromatic carbocycles. The summed E-state index contributed by atoms with van der Waals surface area (Å²) in [7, 11) is -3.30. The van der Waals surface area contributed by atoms with Gasteiger partial charge in [0, 0.05) is 0 Å². The highest BCUT2D eigenvalue weighted by Crippen LogP contribution is 2.22. The summed E-state index contributed by atoms with van der Waals surface area (Å²) in [4.78, 5) is 3.80.